The van der Waals surface area contributed by atoms with Crippen molar-refractivity contribution in [3.8, 4) is 5.75 Å². The van der Waals surface area contributed by atoms with Crippen molar-refractivity contribution < 1.29 is 4.74 Å². The van der Waals surface area contributed by atoms with Crippen molar-refractivity contribution in [2.75, 3.05) is 31.6 Å². The number of pyridine rings is 1. The Morgan fingerprint density at radius 2 is 2.44 bits per heavy atom. The maximum absolute atomic E-state index is 5.41. The quantitative estimate of drug-likeness (QED) is 0.783. The number of hydrogen-bond donors (Lipinski definition) is 1. The molecule has 1 fully saturated rings. The van der Waals surface area contributed by atoms with Crippen LogP contribution in [0.15, 0.2) is 18.3 Å². The van der Waals surface area contributed by atoms with Gasteiger partial charge in [-0.15, -0.1) is 0 Å². The molecule has 1 aromatic rings. The third-order valence-corrected chi connectivity index (χ3v) is 3.43. The minimum atomic E-state index is 0.542. The van der Waals surface area contributed by atoms with Crippen LogP contribution in [-0.2, 0) is 0 Å². The summed E-state index contributed by atoms with van der Waals surface area (Å²) in [6.45, 7) is 5.39. The summed E-state index contributed by atoms with van der Waals surface area (Å²) in [5.41, 5.74) is 0. The number of hydrogen-bond acceptors (Lipinski definition) is 4. The van der Waals surface area contributed by atoms with E-state index in [1.54, 1.807) is 7.11 Å². The summed E-state index contributed by atoms with van der Waals surface area (Å²) in [6.07, 6.45) is 5.49. The number of methoxy groups -OCH3 is 1. The second kappa shape index (κ2) is 6.59. The van der Waals surface area contributed by atoms with Gasteiger partial charge in [-0.05, 0) is 37.9 Å². The van der Waals surface area contributed by atoms with E-state index < -0.39 is 0 Å². The summed E-state index contributed by atoms with van der Waals surface area (Å²) in [5, 5.41) is 3.50. The van der Waals surface area contributed by atoms with Crippen LogP contribution >= 0.6 is 0 Å². The second-order valence-electron chi connectivity index (χ2n) is 4.72. The minimum absolute atomic E-state index is 0.542. The van der Waals surface area contributed by atoms with Gasteiger partial charge in [-0.3, -0.25) is 0 Å². The summed E-state index contributed by atoms with van der Waals surface area (Å²) in [4.78, 5) is 6.86. The van der Waals surface area contributed by atoms with Gasteiger partial charge in [0.05, 0.1) is 7.11 Å². The minimum Gasteiger partial charge on any atom is -0.493 e. The van der Waals surface area contributed by atoms with Gasteiger partial charge in [0, 0.05) is 25.3 Å². The summed E-state index contributed by atoms with van der Waals surface area (Å²) in [6, 6.07) is 4.44. The fraction of sp³-hybridized carbons (Fsp3) is 0.643. The van der Waals surface area contributed by atoms with E-state index >= 15 is 0 Å². The fourth-order valence-electron chi connectivity index (χ4n) is 2.53. The van der Waals surface area contributed by atoms with Gasteiger partial charge < -0.3 is 15.0 Å². The Bertz CT molecular complexity index is 370. The standard InChI is InChI=1S/C14H23N3O/c1-3-8-15-11-12-6-5-10-17(12)14-13(18-2)7-4-9-16-14/h4,7,9,12,15H,3,5-6,8,10-11H2,1-2H3. The maximum Gasteiger partial charge on any atom is 0.171 e. The Balaban J connectivity index is 2.05. The van der Waals surface area contributed by atoms with Crippen LogP contribution in [0.3, 0.4) is 0 Å². The molecule has 100 valence electrons. The van der Waals surface area contributed by atoms with E-state index in [-0.39, 0.29) is 0 Å². The van der Waals surface area contributed by atoms with E-state index in [9.17, 15) is 0 Å². The first kappa shape index (κ1) is 13.1. The predicted octanol–water partition coefficient (Wildman–Crippen LogP) is 2.06. The zero-order valence-corrected chi connectivity index (χ0v) is 11.4. The van der Waals surface area contributed by atoms with Gasteiger partial charge in [0.15, 0.2) is 11.6 Å². The van der Waals surface area contributed by atoms with Crippen molar-refractivity contribution in [1.82, 2.24) is 10.3 Å². The van der Waals surface area contributed by atoms with Gasteiger partial charge >= 0.3 is 0 Å². The Labute approximate surface area is 109 Å². The SMILES string of the molecule is CCCNCC1CCCN1c1ncccc1OC. The molecular formula is C14H23N3O. The number of nitrogens with zero attached hydrogens (tertiary/aromatic N) is 2. The molecule has 18 heavy (non-hydrogen) atoms. The Morgan fingerprint density at radius 3 is 3.22 bits per heavy atom. The molecule has 0 spiro atoms. The van der Waals surface area contributed by atoms with E-state index in [1.807, 2.05) is 18.3 Å². The van der Waals surface area contributed by atoms with Crippen LogP contribution < -0.4 is 15.0 Å². The number of anilines is 1. The van der Waals surface area contributed by atoms with Gasteiger partial charge in [0.2, 0.25) is 0 Å². The van der Waals surface area contributed by atoms with Crippen molar-refractivity contribution in [2.45, 2.75) is 32.2 Å². The normalized spacial score (nSPS) is 19.2. The summed E-state index contributed by atoms with van der Waals surface area (Å²) in [5.74, 6) is 1.86. The van der Waals surface area contributed by atoms with Crippen LogP contribution in [0.1, 0.15) is 26.2 Å². The fourth-order valence-corrected chi connectivity index (χ4v) is 2.53. The molecule has 1 aromatic heterocycles. The lowest BCUT2D eigenvalue weighted by molar-refractivity contribution is 0.411. The molecule has 4 nitrogen and oxygen atoms in total. The number of nitrogens with one attached hydrogen (secondary N) is 1. The maximum atomic E-state index is 5.41. The van der Waals surface area contributed by atoms with Crippen LogP contribution in [0.2, 0.25) is 0 Å². The van der Waals surface area contributed by atoms with Gasteiger partial charge in [-0.25, -0.2) is 4.98 Å². The molecule has 0 aromatic carbocycles. The topological polar surface area (TPSA) is 37.4 Å². The zero-order valence-electron chi connectivity index (χ0n) is 11.4. The summed E-state index contributed by atoms with van der Waals surface area (Å²) < 4.78 is 5.41. The monoisotopic (exact) mass is 249 g/mol. The molecule has 0 radical (unpaired) electrons. The first-order valence-electron chi connectivity index (χ1n) is 6.83. The first-order valence-corrected chi connectivity index (χ1v) is 6.83. The summed E-state index contributed by atoms with van der Waals surface area (Å²) in [7, 11) is 1.71. The lowest BCUT2D eigenvalue weighted by Crippen LogP contribution is -2.38. The van der Waals surface area contributed by atoms with Crippen molar-refractivity contribution >= 4 is 5.82 Å². The second-order valence-corrected chi connectivity index (χ2v) is 4.72. The third-order valence-electron chi connectivity index (χ3n) is 3.43. The molecule has 0 bridgehead atoms. The van der Waals surface area contributed by atoms with Gasteiger partial charge in [-0.2, -0.15) is 0 Å². The Morgan fingerprint density at radius 1 is 1.56 bits per heavy atom. The Kier molecular flexibility index (Phi) is 4.81. The van der Waals surface area contributed by atoms with Crippen LogP contribution in [0, 0.1) is 0 Å². The molecule has 0 saturated carbocycles. The predicted molar refractivity (Wildman–Crippen MR) is 74.3 cm³/mol. The molecule has 1 unspecified atom stereocenters. The average molecular weight is 249 g/mol. The molecule has 1 atom stereocenters. The average Bonchev–Trinajstić information content (AvgIpc) is 2.87. The number of rotatable bonds is 6. The molecule has 0 amide bonds. The van der Waals surface area contributed by atoms with Gasteiger partial charge in [-0.1, -0.05) is 6.92 Å². The van der Waals surface area contributed by atoms with Crippen LogP contribution in [0.4, 0.5) is 5.82 Å². The first-order chi connectivity index (χ1) is 8.86. The van der Waals surface area contributed by atoms with Crippen molar-refractivity contribution in [3.63, 3.8) is 0 Å². The number of aromatic nitrogens is 1. The molecule has 1 aliphatic heterocycles. The van der Waals surface area contributed by atoms with Gasteiger partial charge in [0.1, 0.15) is 0 Å². The highest BCUT2D eigenvalue weighted by molar-refractivity contribution is 5.53. The molecule has 1 saturated heterocycles. The molecule has 2 heterocycles. The number of ether oxygens (including phenoxy) is 1. The largest absolute Gasteiger partial charge is 0.493 e. The molecule has 2 rings (SSSR count). The molecule has 1 N–H and O–H groups in total. The zero-order chi connectivity index (χ0) is 12.8. The van der Waals surface area contributed by atoms with E-state index in [0.717, 1.165) is 31.2 Å². The van der Waals surface area contributed by atoms with E-state index in [4.69, 9.17) is 4.74 Å². The Hall–Kier alpha value is -1.29. The van der Waals surface area contributed by atoms with Gasteiger partial charge in [0.25, 0.3) is 0 Å². The van der Waals surface area contributed by atoms with Crippen LogP contribution in [-0.4, -0.2) is 37.8 Å². The van der Waals surface area contributed by atoms with E-state index in [2.05, 4.69) is 22.1 Å². The highest BCUT2D eigenvalue weighted by Crippen LogP contribution is 2.30. The lowest BCUT2D eigenvalue weighted by atomic mass is 10.2. The van der Waals surface area contributed by atoms with Crippen LogP contribution in [0.25, 0.3) is 0 Å². The smallest absolute Gasteiger partial charge is 0.171 e. The van der Waals surface area contributed by atoms with E-state index in [0.29, 0.717) is 6.04 Å². The van der Waals surface area contributed by atoms with Crippen molar-refractivity contribution in [2.24, 2.45) is 0 Å². The third kappa shape index (κ3) is 2.93. The molecule has 0 aliphatic carbocycles. The summed E-state index contributed by atoms with van der Waals surface area (Å²) >= 11 is 0. The van der Waals surface area contributed by atoms with E-state index in [1.165, 1.54) is 19.3 Å². The molecular weight excluding hydrogens is 226 g/mol. The molecule has 1 aliphatic rings. The lowest BCUT2D eigenvalue weighted by Gasteiger charge is -2.27. The highest BCUT2D eigenvalue weighted by atomic mass is 16.5. The van der Waals surface area contributed by atoms with Crippen LogP contribution in [0.5, 0.6) is 5.75 Å². The highest BCUT2D eigenvalue weighted by Gasteiger charge is 2.27. The van der Waals surface area contributed by atoms with Crippen molar-refractivity contribution in [3.05, 3.63) is 18.3 Å². The molecule has 4 heteroatoms. The van der Waals surface area contributed by atoms with Crippen molar-refractivity contribution in [1.29, 1.82) is 0 Å².